The zero-order valence-electron chi connectivity index (χ0n) is 20.6. The van der Waals surface area contributed by atoms with E-state index in [0.29, 0.717) is 30.4 Å². The summed E-state index contributed by atoms with van der Waals surface area (Å²) in [5.74, 6) is 2.48. The van der Waals surface area contributed by atoms with E-state index in [9.17, 15) is 4.79 Å². The molecule has 9 nitrogen and oxygen atoms in total. The van der Waals surface area contributed by atoms with E-state index in [4.69, 9.17) is 14.5 Å². The Bertz CT molecular complexity index is 1120. The zero-order valence-corrected chi connectivity index (χ0v) is 20.6. The molecule has 0 unspecified atom stereocenters. The van der Waals surface area contributed by atoms with Crippen LogP contribution in [0.2, 0.25) is 0 Å². The first-order valence-electron chi connectivity index (χ1n) is 11.5. The molecular weight excluding hydrogens is 432 g/mol. The normalized spacial score (nSPS) is 12.6. The Hall–Kier alpha value is -3.62. The number of carbonyl (C=O) groups is 1. The van der Waals surface area contributed by atoms with Gasteiger partial charge in [0.15, 0.2) is 5.82 Å². The van der Waals surface area contributed by atoms with Gasteiger partial charge >= 0.3 is 0 Å². The smallest absolute Gasteiger partial charge is 0.225 e. The molecule has 3 rings (SSSR count). The molecule has 9 heteroatoms. The number of benzene rings is 1. The number of nitrogens with zero attached hydrogens (tertiary/aromatic N) is 3. The van der Waals surface area contributed by atoms with Crippen LogP contribution in [0.25, 0.3) is 11.0 Å². The van der Waals surface area contributed by atoms with Crippen molar-refractivity contribution in [1.82, 2.24) is 20.3 Å². The quantitative estimate of drug-likeness (QED) is 0.365. The van der Waals surface area contributed by atoms with Crippen LogP contribution in [-0.4, -0.2) is 47.2 Å². The number of pyridine rings is 1. The van der Waals surface area contributed by atoms with Gasteiger partial charge in [-0.1, -0.05) is 19.8 Å². The van der Waals surface area contributed by atoms with Gasteiger partial charge in [-0.05, 0) is 37.6 Å². The first-order valence-corrected chi connectivity index (χ1v) is 11.5. The maximum Gasteiger partial charge on any atom is 0.225 e. The summed E-state index contributed by atoms with van der Waals surface area (Å²) < 4.78 is 10.8. The molecule has 0 radical (unpaired) electrons. The molecule has 2 aromatic heterocycles. The summed E-state index contributed by atoms with van der Waals surface area (Å²) in [6.45, 7) is 6.71. The molecule has 1 atom stereocenters. The predicted octanol–water partition coefficient (Wildman–Crippen LogP) is 4.15. The van der Waals surface area contributed by atoms with Crippen molar-refractivity contribution in [3.05, 3.63) is 42.1 Å². The topological polar surface area (TPSA) is 110 Å². The Morgan fingerprint density at radius 1 is 1.15 bits per heavy atom. The number of fused-ring (bicyclic) bond motifs is 1. The van der Waals surface area contributed by atoms with Crippen LogP contribution < -0.4 is 25.4 Å². The first kappa shape index (κ1) is 25.0. The predicted molar refractivity (Wildman–Crippen MR) is 134 cm³/mol. The number of unbranched alkanes of at least 4 members (excludes halogenated alkanes) is 1. The number of hydrogen-bond donors (Lipinski definition) is 3. The van der Waals surface area contributed by atoms with Gasteiger partial charge in [0.25, 0.3) is 0 Å². The molecule has 0 bridgehead atoms. The summed E-state index contributed by atoms with van der Waals surface area (Å²) in [5, 5.41) is 9.80. The fourth-order valence-electron chi connectivity index (χ4n) is 3.67. The van der Waals surface area contributed by atoms with Crippen molar-refractivity contribution in [2.75, 3.05) is 31.4 Å². The Morgan fingerprint density at radius 2 is 1.97 bits per heavy atom. The number of aromatic nitrogens is 3. The average molecular weight is 467 g/mol. The van der Waals surface area contributed by atoms with E-state index in [-0.39, 0.29) is 5.91 Å². The van der Waals surface area contributed by atoms with Gasteiger partial charge < -0.3 is 25.4 Å². The van der Waals surface area contributed by atoms with E-state index in [1.807, 2.05) is 30.3 Å². The Balaban J connectivity index is 1.89. The largest absolute Gasteiger partial charge is 0.497 e. The maximum absolute atomic E-state index is 11.6. The maximum atomic E-state index is 11.6. The summed E-state index contributed by atoms with van der Waals surface area (Å²) >= 11 is 0. The molecule has 3 aromatic rings. The number of rotatable bonds is 12. The number of anilines is 2. The van der Waals surface area contributed by atoms with Gasteiger partial charge in [-0.25, -0.2) is 4.98 Å². The third-order valence-corrected chi connectivity index (χ3v) is 5.62. The SMILES string of the molecule is CCCC[C@](C)(CNC(C)=O)Nc1nc(NCc2ccc(OC)cc2OC)nc2cccnc12. The van der Waals surface area contributed by atoms with Crippen LogP contribution in [0.15, 0.2) is 36.5 Å². The van der Waals surface area contributed by atoms with Crippen LogP contribution in [0.3, 0.4) is 0 Å². The van der Waals surface area contributed by atoms with Crippen LogP contribution in [0.1, 0.15) is 45.6 Å². The fourth-order valence-corrected chi connectivity index (χ4v) is 3.67. The highest BCUT2D eigenvalue weighted by Gasteiger charge is 2.26. The molecule has 0 fully saturated rings. The van der Waals surface area contributed by atoms with Gasteiger partial charge in [-0.2, -0.15) is 4.98 Å². The second-order valence-corrected chi connectivity index (χ2v) is 8.50. The van der Waals surface area contributed by atoms with Gasteiger partial charge in [0.2, 0.25) is 11.9 Å². The summed E-state index contributed by atoms with van der Waals surface area (Å²) in [5.41, 5.74) is 1.96. The highest BCUT2D eigenvalue weighted by atomic mass is 16.5. The molecule has 0 aliphatic heterocycles. The van der Waals surface area contributed by atoms with Crippen molar-refractivity contribution in [3.8, 4) is 11.5 Å². The van der Waals surface area contributed by atoms with E-state index < -0.39 is 5.54 Å². The van der Waals surface area contributed by atoms with Crippen molar-refractivity contribution in [3.63, 3.8) is 0 Å². The molecule has 0 spiro atoms. The number of amides is 1. The van der Waals surface area contributed by atoms with Crippen LogP contribution >= 0.6 is 0 Å². The Morgan fingerprint density at radius 3 is 2.68 bits per heavy atom. The van der Waals surface area contributed by atoms with Crippen LogP contribution in [0, 0.1) is 0 Å². The van der Waals surface area contributed by atoms with Crippen molar-refractivity contribution >= 4 is 28.7 Å². The molecule has 2 heterocycles. The van der Waals surface area contributed by atoms with Gasteiger partial charge in [-0.3, -0.25) is 9.78 Å². The van der Waals surface area contributed by atoms with Crippen LogP contribution in [-0.2, 0) is 11.3 Å². The minimum Gasteiger partial charge on any atom is -0.497 e. The zero-order chi connectivity index (χ0) is 24.6. The molecule has 0 saturated heterocycles. The lowest BCUT2D eigenvalue weighted by molar-refractivity contribution is -0.119. The highest BCUT2D eigenvalue weighted by Crippen LogP contribution is 2.27. The molecule has 3 N–H and O–H groups in total. The molecule has 182 valence electrons. The Kier molecular flexibility index (Phi) is 8.45. The lowest BCUT2D eigenvalue weighted by Gasteiger charge is -2.32. The summed E-state index contributed by atoms with van der Waals surface area (Å²) in [6.07, 6.45) is 4.66. The number of carbonyl (C=O) groups excluding carboxylic acids is 1. The van der Waals surface area contributed by atoms with E-state index in [1.54, 1.807) is 20.4 Å². The molecule has 0 aliphatic carbocycles. The van der Waals surface area contributed by atoms with Crippen LogP contribution in [0.4, 0.5) is 11.8 Å². The van der Waals surface area contributed by atoms with E-state index >= 15 is 0 Å². The molecule has 1 aromatic carbocycles. The van der Waals surface area contributed by atoms with Crippen LogP contribution in [0.5, 0.6) is 11.5 Å². The molecule has 1 amide bonds. The lowest BCUT2D eigenvalue weighted by atomic mass is 9.94. The van der Waals surface area contributed by atoms with Gasteiger partial charge in [0.05, 0.1) is 25.3 Å². The number of ether oxygens (including phenoxy) is 2. The average Bonchev–Trinajstić information content (AvgIpc) is 2.85. The second kappa shape index (κ2) is 11.5. The summed E-state index contributed by atoms with van der Waals surface area (Å²) in [6, 6.07) is 9.44. The van der Waals surface area contributed by atoms with E-state index in [1.165, 1.54) is 6.92 Å². The van der Waals surface area contributed by atoms with Gasteiger partial charge in [0.1, 0.15) is 17.0 Å². The minimum absolute atomic E-state index is 0.0639. The number of methoxy groups -OCH3 is 2. The van der Waals surface area contributed by atoms with Gasteiger partial charge in [-0.15, -0.1) is 0 Å². The molecule has 0 saturated carbocycles. The first-order chi connectivity index (χ1) is 16.4. The number of nitrogens with one attached hydrogen (secondary N) is 3. The van der Waals surface area contributed by atoms with Crippen molar-refractivity contribution in [2.45, 2.75) is 52.1 Å². The summed E-state index contributed by atoms with van der Waals surface area (Å²) in [4.78, 5) is 25.5. The minimum atomic E-state index is -0.392. The second-order valence-electron chi connectivity index (χ2n) is 8.50. The monoisotopic (exact) mass is 466 g/mol. The molecule has 0 aliphatic rings. The van der Waals surface area contributed by atoms with Crippen molar-refractivity contribution in [1.29, 1.82) is 0 Å². The van der Waals surface area contributed by atoms with Crippen molar-refractivity contribution < 1.29 is 14.3 Å². The van der Waals surface area contributed by atoms with Gasteiger partial charge in [0, 0.05) is 37.8 Å². The Labute approximate surface area is 200 Å². The third kappa shape index (κ3) is 6.46. The third-order valence-electron chi connectivity index (χ3n) is 5.62. The summed E-state index contributed by atoms with van der Waals surface area (Å²) in [7, 11) is 3.25. The standard InChI is InChI=1S/C25H34N6O3/c1-6-7-12-25(3,16-28-17(2)32)31-23-22-20(9-8-13-26-22)29-24(30-23)27-15-18-10-11-19(33-4)14-21(18)34-5/h8-11,13-14H,6-7,12,15-16H2,1-5H3,(H,28,32)(H2,27,29,30,31)/t25-/m1/s1. The van der Waals surface area contributed by atoms with E-state index in [0.717, 1.165) is 41.8 Å². The number of hydrogen-bond acceptors (Lipinski definition) is 8. The highest BCUT2D eigenvalue weighted by molar-refractivity contribution is 5.86. The fraction of sp³-hybridized carbons (Fsp3) is 0.440. The van der Waals surface area contributed by atoms with Crippen molar-refractivity contribution in [2.24, 2.45) is 0 Å². The van der Waals surface area contributed by atoms with E-state index in [2.05, 4.69) is 39.8 Å². The lowest BCUT2D eigenvalue weighted by Crippen LogP contribution is -2.46. The molecule has 34 heavy (non-hydrogen) atoms. The molecular formula is C25H34N6O3.